The lowest BCUT2D eigenvalue weighted by Gasteiger charge is -2.14. The van der Waals surface area contributed by atoms with Crippen molar-refractivity contribution in [3.63, 3.8) is 0 Å². The molecule has 4 nitrogen and oxygen atoms in total. The summed E-state index contributed by atoms with van der Waals surface area (Å²) in [6, 6.07) is 0.600. The van der Waals surface area contributed by atoms with E-state index in [2.05, 4.69) is 48.3 Å². The Morgan fingerprint density at radius 3 is 2.44 bits per heavy atom. The zero-order chi connectivity index (χ0) is 13.1. The molecule has 2 unspecified atom stereocenters. The minimum Gasteiger partial charge on any atom is -0.370 e. The maximum Gasteiger partial charge on any atom is 0.135 e. The highest BCUT2D eigenvalue weighted by molar-refractivity contribution is 5.58. The number of aromatic nitrogens is 2. The fourth-order valence-corrected chi connectivity index (χ4v) is 2.08. The summed E-state index contributed by atoms with van der Waals surface area (Å²) in [7, 11) is 0. The molecule has 0 amide bonds. The van der Waals surface area contributed by atoms with E-state index in [-0.39, 0.29) is 0 Å². The Bertz CT molecular complexity index is 417. The summed E-state index contributed by atoms with van der Waals surface area (Å²) >= 11 is 0. The van der Waals surface area contributed by atoms with Gasteiger partial charge >= 0.3 is 0 Å². The average molecular weight is 248 g/mol. The van der Waals surface area contributed by atoms with Gasteiger partial charge in [-0.3, -0.25) is 0 Å². The topological polar surface area (TPSA) is 49.8 Å². The van der Waals surface area contributed by atoms with Gasteiger partial charge in [-0.25, -0.2) is 9.97 Å². The van der Waals surface area contributed by atoms with E-state index in [1.165, 1.54) is 6.42 Å². The van der Waals surface area contributed by atoms with E-state index in [1.807, 2.05) is 0 Å². The molecule has 100 valence electrons. The molecule has 2 atom stereocenters. The lowest BCUT2D eigenvalue weighted by Crippen LogP contribution is -2.13. The zero-order valence-corrected chi connectivity index (χ0v) is 11.9. The van der Waals surface area contributed by atoms with Crippen molar-refractivity contribution in [2.24, 2.45) is 5.92 Å². The summed E-state index contributed by atoms with van der Waals surface area (Å²) in [6.45, 7) is 9.50. The molecule has 1 heterocycles. The van der Waals surface area contributed by atoms with Gasteiger partial charge in [0.15, 0.2) is 0 Å². The first-order valence-corrected chi connectivity index (χ1v) is 7.03. The maximum absolute atomic E-state index is 4.66. The highest BCUT2D eigenvalue weighted by Gasteiger charge is 2.33. The van der Waals surface area contributed by atoms with Crippen LogP contribution in [-0.2, 0) is 6.42 Å². The van der Waals surface area contributed by atoms with Gasteiger partial charge in [0.1, 0.15) is 17.5 Å². The fourth-order valence-electron chi connectivity index (χ4n) is 2.08. The normalized spacial score (nSPS) is 21.8. The third kappa shape index (κ3) is 2.92. The van der Waals surface area contributed by atoms with Gasteiger partial charge in [0.05, 0.1) is 0 Å². The first kappa shape index (κ1) is 13.1. The lowest BCUT2D eigenvalue weighted by atomic mass is 10.2. The van der Waals surface area contributed by atoms with Crippen molar-refractivity contribution < 1.29 is 0 Å². The van der Waals surface area contributed by atoms with Crippen LogP contribution >= 0.6 is 0 Å². The van der Waals surface area contributed by atoms with Gasteiger partial charge < -0.3 is 10.6 Å². The lowest BCUT2D eigenvalue weighted by molar-refractivity contribution is 0.826. The quantitative estimate of drug-likeness (QED) is 0.812. The Morgan fingerprint density at radius 1 is 1.22 bits per heavy atom. The van der Waals surface area contributed by atoms with Gasteiger partial charge in [-0.15, -0.1) is 0 Å². The van der Waals surface area contributed by atoms with Crippen molar-refractivity contribution in [1.82, 2.24) is 9.97 Å². The largest absolute Gasteiger partial charge is 0.370 e. The van der Waals surface area contributed by atoms with Gasteiger partial charge in [-0.2, -0.15) is 0 Å². The second kappa shape index (κ2) is 5.55. The molecule has 0 spiro atoms. The molecular weight excluding hydrogens is 224 g/mol. The standard InChI is InChI=1S/C14H24N4/c1-5-7-12-17-13(15-6-2)10(4)14(18-12)16-11-8-9(11)3/h9,11H,5-8H2,1-4H3,(H2,15,16,17,18). The van der Waals surface area contributed by atoms with Crippen molar-refractivity contribution in [3.8, 4) is 0 Å². The molecule has 2 N–H and O–H groups in total. The molecule has 1 saturated carbocycles. The molecule has 4 heteroatoms. The van der Waals surface area contributed by atoms with Crippen LogP contribution in [0.15, 0.2) is 0 Å². The molecule has 0 aliphatic heterocycles. The van der Waals surface area contributed by atoms with Crippen molar-refractivity contribution in [2.75, 3.05) is 17.2 Å². The minimum absolute atomic E-state index is 0.600. The molecule has 1 aliphatic carbocycles. The van der Waals surface area contributed by atoms with Crippen LogP contribution in [0, 0.1) is 12.8 Å². The smallest absolute Gasteiger partial charge is 0.135 e. The van der Waals surface area contributed by atoms with Crippen LogP contribution in [0.4, 0.5) is 11.6 Å². The van der Waals surface area contributed by atoms with Crippen molar-refractivity contribution in [3.05, 3.63) is 11.4 Å². The SMILES string of the molecule is CCCc1nc(NCC)c(C)c(NC2CC2C)n1. The van der Waals surface area contributed by atoms with Gasteiger partial charge in [-0.05, 0) is 32.6 Å². The number of aryl methyl sites for hydroxylation is 1. The molecule has 18 heavy (non-hydrogen) atoms. The molecule has 0 saturated heterocycles. The molecule has 1 aromatic heterocycles. The molecule has 1 aromatic rings. The predicted octanol–water partition coefficient (Wildman–Crippen LogP) is 2.99. The maximum atomic E-state index is 4.66. The van der Waals surface area contributed by atoms with Crippen molar-refractivity contribution in [2.45, 2.75) is 53.0 Å². The molecule has 1 aliphatic rings. The monoisotopic (exact) mass is 248 g/mol. The number of nitrogens with one attached hydrogen (secondary N) is 2. The molecule has 0 aromatic carbocycles. The summed E-state index contributed by atoms with van der Waals surface area (Å²) in [5.74, 6) is 3.71. The van der Waals surface area contributed by atoms with E-state index in [4.69, 9.17) is 0 Å². The van der Waals surface area contributed by atoms with E-state index in [1.54, 1.807) is 0 Å². The number of hydrogen-bond donors (Lipinski definition) is 2. The van der Waals surface area contributed by atoms with E-state index in [0.717, 1.165) is 48.3 Å². The van der Waals surface area contributed by atoms with Crippen LogP contribution in [-0.4, -0.2) is 22.6 Å². The summed E-state index contributed by atoms with van der Waals surface area (Å²) in [6.07, 6.45) is 3.27. The Hall–Kier alpha value is -1.32. The molecule has 0 radical (unpaired) electrons. The number of anilines is 2. The highest BCUT2D eigenvalue weighted by atomic mass is 15.1. The Labute approximate surface area is 110 Å². The number of rotatable bonds is 6. The predicted molar refractivity (Wildman–Crippen MR) is 76.1 cm³/mol. The van der Waals surface area contributed by atoms with E-state index >= 15 is 0 Å². The Kier molecular flexibility index (Phi) is 4.04. The second-order valence-electron chi connectivity index (χ2n) is 5.21. The summed E-state index contributed by atoms with van der Waals surface area (Å²) < 4.78 is 0. The minimum atomic E-state index is 0.600. The molecular formula is C14H24N4. The molecule has 0 bridgehead atoms. The first-order chi connectivity index (χ1) is 8.65. The highest BCUT2D eigenvalue weighted by Crippen LogP contribution is 2.33. The van der Waals surface area contributed by atoms with Gasteiger partial charge in [0.2, 0.25) is 0 Å². The van der Waals surface area contributed by atoms with Crippen LogP contribution in [0.3, 0.4) is 0 Å². The van der Waals surface area contributed by atoms with E-state index in [0.29, 0.717) is 6.04 Å². The van der Waals surface area contributed by atoms with Crippen LogP contribution in [0.1, 0.15) is 45.0 Å². The summed E-state index contributed by atoms with van der Waals surface area (Å²) in [4.78, 5) is 9.25. The number of hydrogen-bond acceptors (Lipinski definition) is 4. The van der Waals surface area contributed by atoms with Gasteiger partial charge in [0.25, 0.3) is 0 Å². The molecule has 2 rings (SSSR count). The van der Waals surface area contributed by atoms with E-state index in [9.17, 15) is 0 Å². The Balaban J connectivity index is 2.23. The molecule has 1 fully saturated rings. The fraction of sp³-hybridized carbons (Fsp3) is 0.714. The van der Waals surface area contributed by atoms with Gasteiger partial charge in [0, 0.05) is 24.6 Å². The second-order valence-corrected chi connectivity index (χ2v) is 5.21. The van der Waals surface area contributed by atoms with Crippen molar-refractivity contribution in [1.29, 1.82) is 0 Å². The third-order valence-electron chi connectivity index (χ3n) is 3.44. The van der Waals surface area contributed by atoms with Crippen LogP contribution < -0.4 is 10.6 Å². The van der Waals surface area contributed by atoms with Crippen molar-refractivity contribution >= 4 is 11.6 Å². The Morgan fingerprint density at radius 2 is 1.89 bits per heavy atom. The average Bonchev–Trinajstić information content (AvgIpc) is 3.01. The zero-order valence-electron chi connectivity index (χ0n) is 11.9. The van der Waals surface area contributed by atoms with Gasteiger partial charge in [-0.1, -0.05) is 13.8 Å². The number of nitrogens with zero attached hydrogens (tertiary/aromatic N) is 2. The first-order valence-electron chi connectivity index (χ1n) is 7.03. The van der Waals surface area contributed by atoms with Crippen LogP contribution in [0.2, 0.25) is 0 Å². The summed E-state index contributed by atoms with van der Waals surface area (Å²) in [5.41, 5.74) is 1.14. The van der Waals surface area contributed by atoms with E-state index < -0.39 is 0 Å². The van der Waals surface area contributed by atoms with Crippen LogP contribution in [0.25, 0.3) is 0 Å². The van der Waals surface area contributed by atoms with Crippen LogP contribution in [0.5, 0.6) is 0 Å². The summed E-state index contributed by atoms with van der Waals surface area (Å²) in [5, 5.41) is 6.87. The third-order valence-corrected chi connectivity index (χ3v) is 3.44.